The number of alkyl halides is 1. The first-order valence-corrected chi connectivity index (χ1v) is 10.8. The topological polar surface area (TPSA) is 88.1 Å². The Balaban J connectivity index is 1.57. The maximum atomic E-state index is 12.7. The van der Waals surface area contributed by atoms with Crippen molar-refractivity contribution < 1.29 is 33.3 Å². The highest BCUT2D eigenvalue weighted by Crippen LogP contribution is 2.33. The van der Waals surface area contributed by atoms with Gasteiger partial charge in [-0.2, -0.15) is 0 Å². The Morgan fingerprint density at radius 2 is 1.18 bits per heavy atom. The summed E-state index contributed by atoms with van der Waals surface area (Å²) in [6, 6.07) is 24.9. The molecule has 1 unspecified atom stereocenters. The Labute approximate surface area is 200 Å². The molecule has 0 N–H and O–H groups in total. The number of esters is 3. The fourth-order valence-electron chi connectivity index (χ4n) is 3.14. The fourth-order valence-corrected chi connectivity index (χ4v) is 3.41. The minimum absolute atomic E-state index is 0.0283. The van der Waals surface area contributed by atoms with Crippen LogP contribution in [-0.4, -0.2) is 36.2 Å². The molecule has 8 heteroatoms. The van der Waals surface area contributed by atoms with Crippen LogP contribution in [0.1, 0.15) is 31.1 Å². The van der Waals surface area contributed by atoms with E-state index in [1.54, 1.807) is 91.0 Å². The molecule has 0 saturated carbocycles. The Bertz CT molecular complexity index is 1190. The van der Waals surface area contributed by atoms with E-state index in [1.807, 2.05) is 0 Å². The smallest absolute Gasteiger partial charge is 0.343 e. The molecule has 0 aliphatic carbocycles. The predicted molar refractivity (Wildman–Crippen MR) is 122 cm³/mol. The van der Waals surface area contributed by atoms with E-state index in [4.69, 9.17) is 30.5 Å². The van der Waals surface area contributed by atoms with E-state index < -0.39 is 29.6 Å². The van der Waals surface area contributed by atoms with Crippen LogP contribution in [0.4, 0.5) is 0 Å². The summed E-state index contributed by atoms with van der Waals surface area (Å²) in [4.78, 5) is 37.7. The number of rotatable bonds is 7. The van der Waals surface area contributed by atoms with Crippen LogP contribution in [0, 0.1) is 0 Å². The van der Waals surface area contributed by atoms with Gasteiger partial charge in [0.15, 0.2) is 18.1 Å². The number of hydrogen-bond acceptors (Lipinski definition) is 7. The van der Waals surface area contributed by atoms with Crippen LogP contribution in [0.2, 0.25) is 0 Å². The third kappa shape index (κ3) is 5.44. The summed E-state index contributed by atoms with van der Waals surface area (Å²) in [7, 11) is 0. The van der Waals surface area contributed by atoms with E-state index in [-0.39, 0.29) is 29.3 Å². The summed E-state index contributed by atoms with van der Waals surface area (Å²) < 4.78 is 21.9. The van der Waals surface area contributed by atoms with E-state index in [2.05, 4.69) is 0 Å². The molecule has 0 amide bonds. The quantitative estimate of drug-likeness (QED) is 0.275. The highest BCUT2D eigenvalue weighted by Gasteiger charge is 2.42. The Morgan fingerprint density at radius 1 is 0.706 bits per heavy atom. The average Bonchev–Trinajstić information content (AvgIpc) is 3.17. The third-order valence-corrected chi connectivity index (χ3v) is 5.14. The van der Waals surface area contributed by atoms with Gasteiger partial charge in [-0.3, -0.25) is 0 Å². The molecule has 1 heterocycles. The Hall–Kier alpha value is -4.10. The molecule has 7 nitrogen and oxygen atoms in total. The van der Waals surface area contributed by atoms with Crippen molar-refractivity contribution in [2.24, 2.45) is 0 Å². The third-order valence-electron chi connectivity index (χ3n) is 4.83. The van der Waals surface area contributed by atoms with Gasteiger partial charge in [0.2, 0.25) is 11.7 Å². The second-order valence-corrected chi connectivity index (χ2v) is 7.58. The standard InChI is InChI=1S/C26H19ClO7/c27-23-22(34-26(30)19-14-8-3-9-15-19)21(33-25(29)18-12-6-2-7-13-18)20(32-23)16-31-24(28)17-10-4-1-5-11-17/h1-15,22-23H,16H2/t22?,23-/m1/s1. The highest BCUT2D eigenvalue weighted by molar-refractivity contribution is 6.20. The average molecular weight is 479 g/mol. The van der Waals surface area contributed by atoms with Gasteiger partial charge in [-0.05, 0) is 36.4 Å². The summed E-state index contributed by atoms with van der Waals surface area (Å²) in [6.07, 6.45) is -1.24. The van der Waals surface area contributed by atoms with Crippen LogP contribution in [0.3, 0.4) is 0 Å². The van der Waals surface area contributed by atoms with E-state index >= 15 is 0 Å². The first kappa shape index (κ1) is 23.1. The number of benzene rings is 3. The molecule has 0 saturated heterocycles. The van der Waals surface area contributed by atoms with Gasteiger partial charge in [0.1, 0.15) is 0 Å². The van der Waals surface area contributed by atoms with Crippen LogP contribution in [0.5, 0.6) is 0 Å². The maximum Gasteiger partial charge on any atom is 0.343 e. The molecule has 34 heavy (non-hydrogen) atoms. The van der Waals surface area contributed by atoms with Crippen LogP contribution in [-0.2, 0) is 18.9 Å². The van der Waals surface area contributed by atoms with Crippen molar-refractivity contribution in [1.29, 1.82) is 0 Å². The van der Waals surface area contributed by atoms with Gasteiger partial charge in [0.05, 0.1) is 16.7 Å². The van der Waals surface area contributed by atoms with Crippen molar-refractivity contribution in [3.63, 3.8) is 0 Å². The summed E-state index contributed by atoms with van der Waals surface area (Å²) in [5, 5.41) is 0. The lowest BCUT2D eigenvalue weighted by Crippen LogP contribution is -2.28. The van der Waals surface area contributed by atoms with Crippen molar-refractivity contribution in [2.75, 3.05) is 6.61 Å². The zero-order valence-electron chi connectivity index (χ0n) is 17.8. The summed E-state index contributed by atoms with van der Waals surface area (Å²) in [6.45, 7) is -0.381. The Morgan fingerprint density at radius 3 is 1.71 bits per heavy atom. The fraction of sp³-hybridized carbons (Fsp3) is 0.115. The maximum absolute atomic E-state index is 12.7. The predicted octanol–water partition coefficient (Wildman–Crippen LogP) is 4.73. The van der Waals surface area contributed by atoms with Gasteiger partial charge in [-0.15, -0.1) is 0 Å². The minimum atomic E-state index is -1.24. The van der Waals surface area contributed by atoms with Gasteiger partial charge >= 0.3 is 17.9 Å². The number of halogens is 1. The van der Waals surface area contributed by atoms with Crippen molar-refractivity contribution in [3.8, 4) is 0 Å². The lowest BCUT2D eigenvalue weighted by atomic mass is 10.2. The SMILES string of the molecule is O=C(OCC1=C(OC(=O)c2ccccc2)C(OC(=O)c2ccccc2)[C@H](Cl)O1)c1ccccc1. The lowest BCUT2D eigenvalue weighted by Gasteiger charge is -2.17. The van der Waals surface area contributed by atoms with Crippen molar-refractivity contribution >= 4 is 29.5 Å². The molecule has 3 aromatic rings. The number of ether oxygens (including phenoxy) is 4. The largest absolute Gasteiger partial charge is 0.467 e. The molecule has 1 aliphatic heterocycles. The zero-order valence-corrected chi connectivity index (χ0v) is 18.5. The van der Waals surface area contributed by atoms with Gasteiger partial charge in [0.25, 0.3) is 0 Å². The number of hydrogen-bond donors (Lipinski definition) is 0. The molecule has 0 bridgehead atoms. The number of carbonyl (C=O) groups excluding carboxylic acids is 3. The highest BCUT2D eigenvalue weighted by atomic mass is 35.5. The summed E-state index contributed by atoms with van der Waals surface area (Å²) in [5.41, 5.74) is -0.319. The van der Waals surface area contributed by atoms with Crippen LogP contribution >= 0.6 is 11.6 Å². The second kappa shape index (κ2) is 10.7. The molecule has 3 aromatic carbocycles. The number of carbonyl (C=O) groups is 3. The zero-order chi connectivity index (χ0) is 23.9. The minimum Gasteiger partial charge on any atom is -0.467 e. The second-order valence-electron chi connectivity index (χ2n) is 7.15. The van der Waals surface area contributed by atoms with Crippen molar-refractivity contribution in [3.05, 3.63) is 119 Å². The van der Waals surface area contributed by atoms with E-state index in [1.165, 1.54) is 0 Å². The Kier molecular flexibility index (Phi) is 7.25. The van der Waals surface area contributed by atoms with E-state index in [0.29, 0.717) is 5.56 Å². The summed E-state index contributed by atoms with van der Waals surface area (Å²) >= 11 is 6.29. The van der Waals surface area contributed by atoms with Gasteiger partial charge < -0.3 is 18.9 Å². The van der Waals surface area contributed by atoms with E-state index in [9.17, 15) is 14.4 Å². The monoisotopic (exact) mass is 478 g/mol. The summed E-state index contributed by atoms with van der Waals surface area (Å²) in [5.74, 6) is -2.17. The molecule has 172 valence electrons. The van der Waals surface area contributed by atoms with Crippen LogP contribution in [0.15, 0.2) is 103 Å². The molecular weight excluding hydrogens is 460 g/mol. The molecule has 4 rings (SSSR count). The molecule has 1 aliphatic rings. The lowest BCUT2D eigenvalue weighted by molar-refractivity contribution is 0.00904. The van der Waals surface area contributed by atoms with Crippen molar-refractivity contribution in [1.82, 2.24) is 0 Å². The molecule has 0 radical (unpaired) electrons. The molecule has 2 atom stereocenters. The molecule has 0 spiro atoms. The van der Waals surface area contributed by atoms with E-state index in [0.717, 1.165) is 0 Å². The van der Waals surface area contributed by atoms with Gasteiger partial charge in [-0.25, -0.2) is 14.4 Å². The van der Waals surface area contributed by atoms with Gasteiger partial charge in [-0.1, -0.05) is 66.2 Å². The molecule has 0 fully saturated rings. The molecular formula is C26H19ClO7. The first-order valence-electron chi connectivity index (χ1n) is 10.3. The van der Waals surface area contributed by atoms with Crippen LogP contribution < -0.4 is 0 Å². The van der Waals surface area contributed by atoms with Crippen LogP contribution in [0.25, 0.3) is 0 Å². The molecule has 0 aromatic heterocycles. The van der Waals surface area contributed by atoms with Gasteiger partial charge in [0, 0.05) is 0 Å². The van der Waals surface area contributed by atoms with Crippen molar-refractivity contribution in [2.45, 2.75) is 11.7 Å². The normalized spacial score (nSPS) is 17.0. The first-order chi connectivity index (χ1) is 16.5.